The molecular weight excluding hydrogens is 316 g/mol. The van der Waals surface area contributed by atoms with Crippen LogP contribution in [0.15, 0.2) is 45.6 Å². The molecule has 0 fully saturated rings. The fraction of sp³-hybridized carbons (Fsp3) is 0.238. The first-order valence-corrected chi connectivity index (χ1v) is 8.14. The van der Waals surface area contributed by atoms with Crippen LogP contribution in [0, 0.1) is 27.7 Å². The maximum absolute atomic E-state index is 12.6. The number of carbonyl (C=O) groups is 1. The lowest BCUT2D eigenvalue weighted by molar-refractivity contribution is 0.0920. The van der Waals surface area contributed by atoms with Crippen LogP contribution in [0.2, 0.25) is 0 Å². The summed E-state index contributed by atoms with van der Waals surface area (Å²) in [7, 11) is 0. The normalized spacial score (nSPS) is 10.9. The Morgan fingerprint density at radius 3 is 2.44 bits per heavy atom. The van der Waals surface area contributed by atoms with E-state index in [1.54, 1.807) is 24.3 Å². The predicted molar refractivity (Wildman–Crippen MR) is 97.7 cm³/mol. The van der Waals surface area contributed by atoms with Gasteiger partial charge in [0.1, 0.15) is 11.3 Å². The SMILES string of the molecule is Cc1cc(C(=O)COc2ccc3ccc(=O)oc3c2)c(C)c(C)c1C. The van der Waals surface area contributed by atoms with Crippen LogP contribution < -0.4 is 10.4 Å². The van der Waals surface area contributed by atoms with E-state index in [1.807, 2.05) is 26.8 Å². The second kappa shape index (κ2) is 6.55. The zero-order valence-electron chi connectivity index (χ0n) is 14.8. The number of carbonyl (C=O) groups excluding carboxylic acids is 1. The lowest BCUT2D eigenvalue weighted by atomic mass is 9.93. The summed E-state index contributed by atoms with van der Waals surface area (Å²) in [5, 5.41) is 0.805. The highest BCUT2D eigenvalue weighted by Crippen LogP contribution is 2.23. The first-order chi connectivity index (χ1) is 11.9. The Labute approximate surface area is 146 Å². The van der Waals surface area contributed by atoms with Gasteiger partial charge in [0.15, 0.2) is 12.4 Å². The Morgan fingerprint density at radius 1 is 0.960 bits per heavy atom. The molecular formula is C21H20O4. The van der Waals surface area contributed by atoms with Crippen molar-refractivity contribution in [1.82, 2.24) is 0 Å². The number of aryl methyl sites for hydroxylation is 1. The van der Waals surface area contributed by atoms with Gasteiger partial charge in [0.2, 0.25) is 0 Å². The van der Waals surface area contributed by atoms with Crippen molar-refractivity contribution in [1.29, 1.82) is 0 Å². The lowest BCUT2D eigenvalue weighted by Gasteiger charge is -2.14. The Balaban J connectivity index is 1.82. The molecule has 0 N–H and O–H groups in total. The van der Waals surface area contributed by atoms with Gasteiger partial charge in [-0.1, -0.05) is 0 Å². The minimum atomic E-state index is -0.415. The summed E-state index contributed by atoms with van der Waals surface area (Å²) < 4.78 is 10.8. The Bertz CT molecular complexity index is 1030. The first-order valence-electron chi connectivity index (χ1n) is 8.14. The third-order valence-corrected chi connectivity index (χ3v) is 4.75. The third kappa shape index (κ3) is 3.33. The highest BCUT2D eigenvalue weighted by Gasteiger charge is 2.14. The summed E-state index contributed by atoms with van der Waals surface area (Å²) >= 11 is 0. The zero-order chi connectivity index (χ0) is 18.1. The van der Waals surface area contributed by atoms with Crippen molar-refractivity contribution in [2.24, 2.45) is 0 Å². The molecule has 0 aliphatic heterocycles. The smallest absolute Gasteiger partial charge is 0.336 e. The number of ketones is 1. The van der Waals surface area contributed by atoms with Crippen molar-refractivity contribution in [3.8, 4) is 5.75 Å². The van der Waals surface area contributed by atoms with Crippen LogP contribution in [0.1, 0.15) is 32.6 Å². The molecule has 2 aromatic carbocycles. The maximum atomic E-state index is 12.6. The quantitative estimate of drug-likeness (QED) is 0.527. The van der Waals surface area contributed by atoms with E-state index in [9.17, 15) is 9.59 Å². The third-order valence-electron chi connectivity index (χ3n) is 4.75. The second-order valence-corrected chi connectivity index (χ2v) is 6.28. The monoisotopic (exact) mass is 336 g/mol. The summed E-state index contributed by atoms with van der Waals surface area (Å²) in [5.41, 5.74) is 5.14. The van der Waals surface area contributed by atoms with Gasteiger partial charge in [-0.15, -0.1) is 0 Å². The topological polar surface area (TPSA) is 56.5 Å². The van der Waals surface area contributed by atoms with Gasteiger partial charge in [-0.05, 0) is 74.2 Å². The van der Waals surface area contributed by atoms with Gasteiger partial charge in [0.05, 0.1) is 0 Å². The van der Waals surface area contributed by atoms with Crippen LogP contribution in [0.25, 0.3) is 11.0 Å². The minimum Gasteiger partial charge on any atom is -0.485 e. The highest BCUT2D eigenvalue weighted by molar-refractivity contribution is 5.99. The minimum absolute atomic E-state index is 0.0641. The number of rotatable bonds is 4. The van der Waals surface area contributed by atoms with E-state index in [2.05, 4.69) is 6.92 Å². The van der Waals surface area contributed by atoms with Crippen LogP contribution in [0.3, 0.4) is 0 Å². The van der Waals surface area contributed by atoms with E-state index in [4.69, 9.17) is 9.15 Å². The van der Waals surface area contributed by atoms with Crippen molar-refractivity contribution in [3.63, 3.8) is 0 Å². The number of fused-ring (bicyclic) bond motifs is 1. The van der Waals surface area contributed by atoms with Crippen molar-refractivity contribution >= 4 is 16.8 Å². The fourth-order valence-electron chi connectivity index (χ4n) is 2.86. The van der Waals surface area contributed by atoms with E-state index in [1.165, 1.54) is 11.6 Å². The highest BCUT2D eigenvalue weighted by atomic mass is 16.5. The Hall–Kier alpha value is -2.88. The van der Waals surface area contributed by atoms with Crippen molar-refractivity contribution in [2.75, 3.05) is 6.61 Å². The van der Waals surface area contributed by atoms with Gasteiger partial charge >= 0.3 is 5.63 Å². The summed E-state index contributed by atoms with van der Waals surface area (Å²) in [4.78, 5) is 23.9. The average Bonchev–Trinajstić information content (AvgIpc) is 2.60. The van der Waals surface area contributed by atoms with Crippen molar-refractivity contribution in [3.05, 3.63) is 74.6 Å². The van der Waals surface area contributed by atoms with E-state index >= 15 is 0 Å². The van der Waals surface area contributed by atoms with E-state index in [-0.39, 0.29) is 12.4 Å². The van der Waals surface area contributed by atoms with E-state index in [0.717, 1.165) is 22.1 Å². The zero-order valence-corrected chi connectivity index (χ0v) is 14.8. The molecule has 1 heterocycles. The molecule has 0 spiro atoms. The van der Waals surface area contributed by atoms with Crippen LogP contribution in [0.5, 0.6) is 5.75 Å². The molecule has 0 aliphatic carbocycles. The lowest BCUT2D eigenvalue weighted by Crippen LogP contribution is -2.14. The summed E-state index contributed by atoms with van der Waals surface area (Å²) in [5.74, 6) is 0.423. The summed E-state index contributed by atoms with van der Waals surface area (Å²) in [6.45, 7) is 7.99. The van der Waals surface area contributed by atoms with Gasteiger partial charge in [-0.25, -0.2) is 4.79 Å². The molecule has 0 radical (unpaired) electrons. The summed E-state index contributed by atoms with van der Waals surface area (Å²) in [6.07, 6.45) is 0. The Morgan fingerprint density at radius 2 is 1.68 bits per heavy atom. The molecule has 0 bridgehead atoms. The number of benzene rings is 2. The van der Waals surface area contributed by atoms with Gasteiger partial charge in [-0.2, -0.15) is 0 Å². The first kappa shape index (κ1) is 17.0. The van der Waals surface area contributed by atoms with Crippen LogP contribution >= 0.6 is 0 Å². The molecule has 0 unspecified atom stereocenters. The number of hydrogen-bond donors (Lipinski definition) is 0. The molecule has 1 aromatic heterocycles. The fourth-order valence-corrected chi connectivity index (χ4v) is 2.86. The molecule has 0 saturated carbocycles. The number of Topliss-reactive ketones (excluding diaryl/α,β-unsaturated/α-hetero) is 1. The van der Waals surface area contributed by atoms with Crippen LogP contribution in [0.4, 0.5) is 0 Å². The molecule has 3 aromatic rings. The van der Waals surface area contributed by atoms with Crippen LogP contribution in [-0.2, 0) is 0 Å². The standard InChI is InChI=1S/C21H20O4/c1-12-9-18(15(4)14(3)13(12)2)19(22)11-24-17-7-5-16-6-8-21(23)25-20(16)10-17/h5-10H,11H2,1-4H3. The van der Waals surface area contributed by atoms with E-state index in [0.29, 0.717) is 16.9 Å². The molecule has 25 heavy (non-hydrogen) atoms. The summed E-state index contributed by atoms with van der Waals surface area (Å²) in [6, 6.07) is 10.2. The molecule has 3 rings (SSSR count). The largest absolute Gasteiger partial charge is 0.485 e. The average molecular weight is 336 g/mol. The molecule has 0 amide bonds. The molecule has 4 heteroatoms. The van der Waals surface area contributed by atoms with Crippen molar-refractivity contribution < 1.29 is 13.9 Å². The predicted octanol–water partition coefficient (Wildman–Crippen LogP) is 4.29. The second-order valence-electron chi connectivity index (χ2n) is 6.28. The molecule has 4 nitrogen and oxygen atoms in total. The van der Waals surface area contributed by atoms with Gasteiger partial charge in [0.25, 0.3) is 0 Å². The van der Waals surface area contributed by atoms with Gasteiger partial charge in [0, 0.05) is 23.1 Å². The van der Waals surface area contributed by atoms with Gasteiger partial charge < -0.3 is 9.15 Å². The molecule has 0 atom stereocenters. The molecule has 128 valence electrons. The maximum Gasteiger partial charge on any atom is 0.336 e. The molecule has 0 aliphatic rings. The Kier molecular flexibility index (Phi) is 4.45. The van der Waals surface area contributed by atoms with E-state index < -0.39 is 5.63 Å². The van der Waals surface area contributed by atoms with Gasteiger partial charge in [-0.3, -0.25) is 4.79 Å². The van der Waals surface area contributed by atoms with Crippen LogP contribution in [-0.4, -0.2) is 12.4 Å². The molecule has 0 saturated heterocycles. The van der Waals surface area contributed by atoms with Crippen molar-refractivity contribution in [2.45, 2.75) is 27.7 Å². The number of ether oxygens (including phenoxy) is 1. The number of hydrogen-bond acceptors (Lipinski definition) is 4.